The molecular weight excluding hydrogens is 373 g/mol. The minimum Gasteiger partial charge on any atom is -0.393 e. The van der Waals surface area contributed by atoms with Gasteiger partial charge in [0.1, 0.15) is 0 Å². The number of carbonyl (C=O) groups is 1. The molecule has 1 aromatic carbocycles. The molecule has 0 atom stereocenters. The molecule has 1 aliphatic carbocycles. The summed E-state index contributed by atoms with van der Waals surface area (Å²) in [6, 6.07) is 4.35. The average molecular weight is 400 g/mol. The third-order valence-electron chi connectivity index (χ3n) is 4.52. The summed E-state index contributed by atoms with van der Waals surface area (Å²) in [7, 11) is 0. The normalized spacial score (nSPS) is 20.5. The number of aliphatic imine (C=N–C) groups is 1. The van der Waals surface area contributed by atoms with Crippen LogP contribution in [0.2, 0.25) is 0 Å². The maximum atomic E-state index is 12.6. The van der Waals surface area contributed by atoms with Crippen molar-refractivity contribution in [2.24, 2.45) is 4.99 Å². The van der Waals surface area contributed by atoms with Crippen LogP contribution < -0.4 is 16.0 Å². The fourth-order valence-electron chi connectivity index (χ4n) is 2.98. The molecule has 0 radical (unpaired) electrons. The molecule has 0 saturated heterocycles. The smallest absolute Gasteiger partial charge is 0.393 e. The fraction of sp³-hybridized carbons (Fsp3) is 0.579. The Morgan fingerprint density at radius 2 is 1.79 bits per heavy atom. The number of aliphatic hydroxyl groups is 1. The van der Waals surface area contributed by atoms with Crippen molar-refractivity contribution in [2.75, 3.05) is 19.6 Å². The lowest BCUT2D eigenvalue weighted by atomic mass is 9.93. The van der Waals surface area contributed by atoms with Gasteiger partial charge in [0, 0.05) is 24.7 Å². The standard InChI is InChI=1S/C19H27F3N4O2/c1-2-23-18(26-15-7-9-16(27)10-8-15)25-12-11-24-17(28)13-3-5-14(6-4-13)19(20,21)22/h3-6,15-16,27H,2,7-12H2,1H3,(H,24,28)(H2,23,25,26). The van der Waals surface area contributed by atoms with Crippen molar-refractivity contribution in [2.45, 2.75) is 50.9 Å². The van der Waals surface area contributed by atoms with E-state index in [2.05, 4.69) is 20.9 Å². The van der Waals surface area contributed by atoms with Crippen molar-refractivity contribution in [1.29, 1.82) is 0 Å². The number of hydrogen-bond donors (Lipinski definition) is 4. The number of halogens is 3. The van der Waals surface area contributed by atoms with Crippen LogP contribution in [0.5, 0.6) is 0 Å². The first-order valence-electron chi connectivity index (χ1n) is 9.48. The molecule has 9 heteroatoms. The number of carbonyl (C=O) groups excluding carboxylic acids is 1. The van der Waals surface area contributed by atoms with Crippen LogP contribution in [0.25, 0.3) is 0 Å². The van der Waals surface area contributed by atoms with Gasteiger partial charge in [0.15, 0.2) is 5.96 Å². The van der Waals surface area contributed by atoms with Crippen molar-refractivity contribution in [3.63, 3.8) is 0 Å². The van der Waals surface area contributed by atoms with E-state index in [1.54, 1.807) is 0 Å². The number of amides is 1. The summed E-state index contributed by atoms with van der Waals surface area (Å²) in [4.78, 5) is 16.4. The van der Waals surface area contributed by atoms with E-state index in [-0.39, 0.29) is 24.3 Å². The minimum atomic E-state index is -4.42. The molecule has 0 aliphatic heterocycles. The van der Waals surface area contributed by atoms with Gasteiger partial charge in [-0.15, -0.1) is 0 Å². The molecule has 0 aromatic heterocycles. The summed E-state index contributed by atoms with van der Waals surface area (Å²) < 4.78 is 37.7. The number of rotatable bonds is 6. The van der Waals surface area contributed by atoms with E-state index in [0.717, 1.165) is 49.9 Å². The number of nitrogens with one attached hydrogen (secondary N) is 3. The highest BCUT2D eigenvalue weighted by Gasteiger charge is 2.30. The maximum absolute atomic E-state index is 12.6. The molecule has 0 spiro atoms. The number of alkyl halides is 3. The number of guanidine groups is 1. The van der Waals surface area contributed by atoms with Crippen molar-refractivity contribution < 1.29 is 23.1 Å². The van der Waals surface area contributed by atoms with E-state index < -0.39 is 17.6 Å². The summed E-state index contributed by atoms with van der Waals surface area (Å²) in [5, 5.41) is 18.7. The van der Waals surface area contributed by atoms with Crippen molar-refractivity contribution in [1.82, 2.24) is 16.0 Å². The molecule has 1 fully saturated rings. The number of aliphatic hydroxyl groups excluding tert-OH is 1. The van der Waals surface area contributed by atoms with E-state index in [1.807, 2.05) is 6.92 Å². The molecule has 1 amide bonds. The SMILES string of the molecule is CCNC(=NCCNC(=O)c1ccc(C(F)(F)F)cc1)NC1CCC(O)CC1. The predicted octanol–water partition coefficient (Wildman–Crippen LogP) is 2.29. The molecule has 28 heavy (non-hydrogen) atoms. The average Bonchev–Trinajstić information content (AvgIpc) is 2.66. The Labute approximate surface area is 162 Å². The lowest BCUT2D eigenvalue weighted by molar-refractivity contribution is -0.137. The molecule has 0 heterocycles. The first-order valence-corrected chi connectivity index (χ1v) is 9.48. The van der Waals surface area contributed by atoms with Crippen LogP contribution in [-0.4, -0.2) is 48.8 Å². The zero-order valence-electron chi connectivity index (χ0n) is 15.9. The van der Waals surface area contributed by atoms with Crippen molar-refractivity contribution in [3.05, 3.63) is 35.4 Å². The highest BCUT2D eigenvalue weighted by Crippen LogP contribution is 2.29. The molecular formula is C19H27F3N4O2. The largest absolute Gasteiger partial charge is 0.416 e. The van der Waals surface area contributed by atoms with Gasteiger partial charge in [-0.05, 0) is 56.9 Å². The van der Waals surface area contributed by atoms with E-state index in [0.29, 0.717) is 19.0 Å². The first kappa shape index (κ1) is 22.0. The van der Waals surface area contributed by atoms with Crippen LogP contribution in [-0.2, 0) is 6.18 Å². The molecule has 1 aromatic rings. The second kappa shape index (κ2) is 10.3. The minimum absolute atomic E-state index is 0.169. The molecule has 6 nitrogen and oxygen atoms in total. The Morgan fingerprint density at radius 1 is 1.14 bits per heavy atom. The van der Waals surface area contributed by atoms with Gasteiger partial charge < -0.3 is 21.1 Å². The Hall–Kier alpha value is -2.29. The van der Waals surface area contributed by atoms with Gasteiger partial charge in [0.05, 0.1) is 18.2 Å². The van der Waals surface area contributed by atoms with Gasteiger partial charge in [-0.3, -0.25) is 9.79 Å². The summed E-state index contributed by atoms with van der Waals surface area (Å²) in [5.74, 6) is 0.204. The van der Waals surface area contributed by atoms with Crippen LogP contribution in [0, 0.1) is 0 Å². The predicted molar refractivity (Wildman–Crippen MR) is 101 cm³/mol. The van der Waals surface area contributed by atoms with E-state index >= 15 is 0 Å². The van der Waals surface area contributed by atoms with Gasteiger partial charge in [0.2, 0.25) is 0 Å². The number of benzene rings is 1. The number of nitrogens with zero attached hydrogens (tertiary/aromatic N) is 1. The third kappa shape index (κ3) is 7.03. The summed E-state index contributed by atoms with van der Waals surface area (Å²) in [6.07, 6.45) is -1.37. The molecule has 1 saturated carbocycles. The van der Waals surface area contributed by atoms with Gasteiger partial charge in [-0.2, -0.15) is 13.2 Å². The second-order valence-electron chi connectivity index (χ2n) is 6.74. The van der Waals surface area contributed by atoms with Gasteiger partial charge in [0.25, 0.3) is 5.91 Å². The highest BCUT2D eigenvalue weighted by molar-refractivity contribution is 5.94. The van der Waals surface area contributed by atoms with Crippen LogP contribution in [0.1, 0.15) is 48.5 Å². The second-order valence-corrected chi connectivity index (χ2v) is 6.74. The van der Waals surface area contributed by atoms with Crippen LogP contribution in [0.15, 0.2) is 29.3 Å². The summed E-state index contributed by atoms with van der Waals surface area (Å²) in [5.41, 5.74) is -0.618. The van der Waals surface area contributed by atoms with E-state index in [9.17, 15) is 23.1 Å². The quantitative estimate of drug-likeness (QED) is 0.335. The lowest BCUT2D eigenvalue weighted by Crippen LogP contribution is -2.45. The molecule has 0 bridgehead atoms. The Kier molecular flexibility index (Phi) is 8.10. The van der Waals surface area contributed by atoms with Crippen LogP contribution in [0.4, 0.5) is 13.2 Å². The van der Waals surface area contributed by atoms with Gasteiger partial charge in [-0.1, -0.05) is 0 Å². The highest BCUT2D eigenvalue weighted by atomic mass is 19.4. The Morgan fingerprint density at radius 3 is 2.36 bits per heavy atom. The molecule has 0 unspecified atom stereocenters. The fourth-order valence-corrected chi connectivity index (χ4v) is 2.98. The zero-order valence-corrected chi connectivity index (χ0v) is 15.9. The first-order chi connectivity index (χ1) is 13.3. The van der Waals surface area contributed by atoms with Crippen molar-refractivity contribution in [3.8, 4) is 0 Å². The number of hydrogen-bond acceptors (Lipinski definition) is 3. The third-order valence-corrected chi connectivity index (χ3v) is 4.52. The van der Waals surface area contributed by atoms with E-state index in [4.69, 9.17) is 0 Å². The molecule has 4 N–H and O–H groups in total. The van der Waals surface area contributed by atoms with Crippen LogP contribution in [0.3, 0.4) is 0 Å². The Bertz CT molecular complexity index is 654. The molecule has 1 aliphatic rings. The maximum Gasteiger partial charge on any atom is 0.416 e. The van der Waals surface area contributed by atoms with Gasteiger partial charge >= 0.3 is 6.18 Å². The van der Waals surface area contributed by atoms with E-state index in [1.165, 1.54) is 0 Å². The van der Waals surface area contributed by atoms with Crippen molar-refractivity contribution >= 4 is 11.9 Å². The molecule has 2 rings (SSSR count). The Balaban J connectivity index is 1.80. The summed E-state index contributed by atoms with van der Waals surface area (Å²) >= 11 is 0. The van der Waals surface area contributed by atoms with Crippen LogP contribution >= 0.6 is 0 Å². The zero-order chi connectivity index (χ0) is 20.6. The lowest BCUT2D eigenvalue weighted by Gasteiger charge is -2.27. The monoisotopic (exact) mass is 400 g/mol. The topological polar surface area (TPSA) is 85.8 Å². The van der Waals surface area contributed by atoms with Gasteiger partial charge in [-0.25, -0.2) is 0 Å². The summed E-state index contributed by atoms with van der Waals surface area (Å²) in [6.45, 7) is 3.24. The molecule has 156 valence electrons.